The average Bonchev–Trinajstić information content (AvgIpc) is 2.33. The van der Waals surface area contributed by atoms with Gasteiger partial charge in [-0.1, -0.05) is 39.7 Å². The van der Waals surface area contributed by atoms with Crippen molar-refractivity contribution in [3.8, 4) is 11.5 Å². The Hall–Kier alpha value is -1.03. The maximum Gasteiger partial charge on any atom is 0.128 e. The van der Waals surface area contributed by atoms with Gasteiger partial charge in [-0.2, -0.15) is 0 Å². The molecule has 0 unspecified atom stereocenters. The molecule has 2 aromatic rings. The molecule has 0 atom stereocenters. The van der Waals surface area contributed by atoms with E-state index in [2.05, 4.69) is 15.9 Å². The van der Waals surface area contributed by atoms with Gasteiger partial charge in [-0.05, 0) is 48.9 Å². The molecule has 0 heterocycles. The van der Waals surface area contributed by atoms with E-state index in [1.165, 1.54) is 0 Å². The van der Waals surface area contributed by atoms with Crippen LogP contribution in [0.2, 0.25) is 5.02 Å². The quantitative estimate of drug-likeness (QED) is 0.904. The lowest BCUT2D eigenvalue weighted by Gasteiger charge is -2.08. The Morgan fingerprint density at radius 1 is 1.11 bits per heavy atom. The first-order valence-corrected chi connectivity index (χ1v) is 6.78. The van der Waals surface area contributed by atoms with Crippen molar-refractivity contribution in [1.29, 1.82) is 0 Å². The topological polar surface area (TPSA) is 35.2 Å². The van der Waals surface area contributed by atoms with Gasteiger partial charge >= 0.3 is 0 Å². The Morgan fingerprint density at radius 3 is 2.56 bits per heavy atom. The highest BCUT2D eigenvalue weighted by atomic mass is 79.9. The number of ether oxygens (including phenoxy) is 1. The van der Waals surface area contributed by atoms with Crippen molar-refractivity contribution in [2.75, 3.05) is 6.54 Å². The summed E-state index contributed by atoms with van der Waals surface area (Å²) < 4.78 is 6.71. The molecule has 2 N–H and O–H groups in total. The predicted molar refractivity (Wildman–Crippen MR) is 78.4 cm³/mol. The van der Waals surface area contributed by atoms with Crippen LogP contribution >= 0.6 is 27.5 Å². The summed E-state index contributed by atoms with van der Waals surface area (Å²) in [6.45, 7) is 0.589. The highest BCUT2D eigenvalue weighted by Gasteiger charge is 2.03. The first-order valence-electron chi connectivity index (χ1n) is 5.61. The molecular formula is C14H13BrClNO. The second-order valence-corrected chi connectivity index (χ2v) is 5.17. The molecule has 4 heteroatoms. The standard InChI is InChI=1S/C14H13BrClNO/c15-11-2-1-3-12(8-11)18-13-5-4-10(6-7-17)14(16)9-13/h1-5,8-9H,6-7,17H2. The summed E-state index contributed by atoms with van der Waals surface area (Å²) in [5.41, 5.74) is 6.55. The molecule has 0 radical (unpaired) electrons. The van der Waals surface area contributed by atoms with Gasteiger partial charge in [0.15, 0.2) is 0 Å². The van der Waals surface area contributed by atoms with Crippen LogP contribution in [0.15, 0.2) is 46.9 Å². The van der Waals surface area contributed by atoms with Crippen LogP contribution in [-0.4, -0.2) is 6.54 Å². The zero-order valence-electron chi connectivity index (χ0n) is 9.70. The van der Waals surface area contributed by atoms with Crippen LogP contribution in [0.5, 0.6) is 11.5 Å². The Labute approximate surface area is 120 Å². The zero-order chi connectivity index (χ0) is 13.0. The minimum atomic E-state index is 0.589. The van der Waals surface area contributed by atoms with Gasteiger partial charge in [0.25, 0.3) is 0 Å². The highest BCUT2D eigenvalue weighted by molar-refractivity contribution is 9.10. The molecule has 0 aliphatic heterocycles. The number of halogens is 2. The average molecular weight is 327 g/mol. The molecular weight excluding hydrogens is 314 g/mol. The largest absolute Gasteiger partial charge is 0.457 e. The van der Waals surface area contributed by atoms with Crippen LogP contribution < -0.4 is 10.5 Å². The van der Waals surface area contributed by atoms with Crippen LogP contribution in [0.25, 0.3) is 0 Å². The minimum Gasteiger partial charge on any atom is -0.457 e. The molecule has 0 aromatic heterocycles. The number of benzene rings is 2. The van der Waals surface area contributed by atoms with E-state index in [-0.39, 0.29) is 0 Å². The molecule has 0 amide bonds. The normalized spacial score (nSPS) is 10.4. The van der Waals surface area contributed by atoms with E-state index in [1.54, 1.807) is 0 Å². The van der Waals surface area contributed by atoms with Crippen molar-refractivity contribution >= 4 is 27.5 Å². The monoisotopic (exact) mass is 325 g/mol. The van der Waals surface area contributed by atoms with E-state index in [0.29, 0.717) is 11.6 Å². The van der Waals surface area contributed by atoms with E-state index in [9.17, 15) is 0 Å². The van der Waals surface area contributed by atoms with Crippen LogP contribution in [0, 0.1) is 0 Å². The van der Waals surface area contributed by atoms with Crippen molar-refractivity contribution in [2.45, 2.75) is 6.42 Å². The molecule has 0 bridgehead atoms. The first kappa shape index (κ1) is 13.4. The van der Waals surface area contributed by atoms with E-state index in [4.69, 9.17) is 22.1 Å². The van der Waals surface area contributed by atoms with E-state index < -0.39 is 0 Å². The molecule has 18 heavy (non-hydrogen) atoms. The molecule has 0 saturated carbocycles. The van der Waals surface area contributed by atoms with Crippen LogP contribution in [0.1, 0.15) is 5.56 Å². The van der Waals surface area contributed by atoms with Gasteiger partial charge in [-0.3, -0.25) is 0 Å². The Bertz CT molecular complexity index is 545. The molecule has 0 saturated heterocycles. The summed E-state index contributed by atoms with van der Waals surface area (Å²) in [5, 5.41) is 0.688. The van der Waals surface area contributed by atoms with Crippen molar-refractivity contribution in [3.63, 3.8) is 0 Å². The fourth-order valence-electron chi connectivity index (χ4n) is 1.62. The summed E-state index contributed by atoms with van der Waals surface area (Å²) in [5.74, 6) is 1.49. The second-order valence-electron chi connectivity index (χ2n) is 3.85. The Morgan fingerprint density at radius 2 is 1.89 bits per heavy atom. The van der Waals surface area contributed by atoms with Gasteiger partial charge < -0.3 is 10.5 Å². The third kappa shape index (κ3) is 3.48. The number of nitrogens with two attached hydrogens (primary N) is 1. The first-order chi connectivity index (χ1) is 8.69. The zero-order valence-corrected chi connectivity index (χ0v) is 12.0. The SMILES string of the molecule is NCCc1ccc(Oc2cccc(Br)c2)cc1Cl. The Kier molecular flexibility index (Phi) is 4.64. The number of hydrogen-bond acceptors (Lipinski definition) is 2. The predicted octanol–water partition coefficient (Wildman–Crippen LogP) is 4.40. The van der Waals surface area contributed by atoms with Crippen molar-refractivity contribution in [3.05, 3.63) is 57.5 Å². The number of hydrogen-bond donors (Lipinski definition) is 1. The van der Waals surface area contributed by atoms with E-state index in [1.807, 2.05) is 42.5 Å². The van der Waals surface area contributed by atoms with Crippen LogP contribution in [0.3, 0.4) is 0 Å². The lowest BCUT2D eigenvalue weighted by atomic mass is 10.1. The van der Waals surface area contributed by atoms with Gasteiger partial charge in [0.05, 0.1) is 0 Å². The second kappa shape index (κ2) is 6.23. The fraction of sp³-hybridized carbons (Fsp3) is 0.143. The lowest BCUT2D eigenvalue weighted by molar-refractivity contribution is 0.482. The summed E-state index contributed by atoms with van der Waals surface area (Å²) >= 11 is 9.56. The van der Waals surface area contributed by atoms with Crippen LogP contribution in [0.4, 0.5) is 0 Å². The maximum atomic E-state index is 6.16. The van der Waals surface area contributed by atoms with Gasteiger partial charge in [0.2, 0.25) is 0 Å². The molecule has 2 nitrogen and oxygen atoms in total. The smallest absolute Gasteiger partial charge is 0.128 e. The van der Waals surface area contributed by atoms with Crippen molar-refractivity contribution < 1.29 is 4.74 Å². The molecule has 2 aromatic carbocycles. The van der Waals surface area contributed by atoms with Gasteiger partial charge in [-0.25, -0.2) is 0 Å². The lowest BCUT2D eigenvalue weighted by Crippen LogP contribution is -2.03. The summed E-state index contributed by atoms with van der Waals surface area (Å²) in [6, 6.07) is 13.3. The van der Waals surface area contributed by atoms with E-state index >= 15 is 0 Å². The molecule has 94 valence electrons. The highest BCUT2D eigenvalue weighted by Crippen LogP contribution is 2.28. The molecule has 0 spiro atoms. The summed E-state index contributed by atoms with van der Waals surface area (Å²) in [6.07, 6.45) is 0.774. The fourth-order valence-corrected chi connectivity index (χ4v) is 2.26. The third-order valence-corrected chi connectivity index (χ3v) is 3.32. The molecule has 2 rings (SSSR count). The Balaban J connectivity index is 2.17. The molecule has 0 aliphatic rings. The van der Waals surface area contributed by atoms with Crippen molar-refractivity contribution in [1.82, 2.24) is 0 Å². The summed E-state index contributed by atoms with van der Waals surface area (Å²) in [4.78, 5) is 0. The minimum absolute atomic E-state index is 0.589. The number of rotatable bonds is 4. The van der Waals surface area contributed by atoms with Gasteiger partial charge in [-0.15, -0.1) is 0 Å². The van der Waals surface area contributed by atoms with E-state index in [0.717, 1.165) is 28.0 Å². The molecule has 0 fully saturated rings. The maximum absolute atomic E-state index is 6.16. The van der Waals surface area contributed by atoms with Crippen molar-refractivity contribution in [2.24, 2.45) is 5.73 Å². The van der Waals surface area contributed by atoms with Crippen LogP contribution in [-0.2, 0) is 6.42 Å². The van der Waals surface area contributed by atoms with Gasteiger partial charge in [0, 0.05) is 9.50 Å². The summed E-state index contributed by atoms with van der Waals surface area (Å²) in [7, 11) is 0. The molecule has 0 aliphatic carbocycles. The third-order valence-electron chi connectivity index (χ3n) is 2.47. The van der Waals surface area contributed by atoms with Gasteiger partial charge in [0.1, 0.15) is 11.5 Å².